The van der Waals surface area contributed by atoms with Crippen molar-refractivity contribution in [3.05, 3.63) is 0 Å². The zero-order chi connectivity index (χ0) is 10.7. The van der Waals surface area contributed by atoms with Crippen molar-refractivity contribution in [1.82, 2.24) is 10.2 Å². The molecule has 2 aliphatic heterocycles. The van der Waals surface area contributed by atoms with Gasteiger partial charge >= 0.3 is 0 Å². The molecule has 0 aromatic heterocycles. The molecule has 2 atom stereocenters. The Morgan fingerprint density at radius 2 is 2.33 bits per heavy atom. The molecular formula is C11H20N2OS. The highest BCUT2D eigenvalue weighted by Crippen LogP contribution is 2.26. The Morgan fingerprint density at radius 1 is 1.47 bits per heavy atom. The number of hydrogen-bond donors (Lipinski definition) is 1. The van der Waals surface area contributed by atoms with Gasteiger partial charge in [0.15, 0.2) is 0 Å². The first-order valence-electron chi connectivity index (χ1n) is 5.84. The van der Waals surface area contributed by atoms with Gasteiger partial charge in [0, 0.05) is 31.3 Å². The van der Waals surface area contributed by atoms with Gasteiger partial charge in [0.2, 0.25) is 5.91 Å². The number of amides is 1. The van der Waals surface area contributed by atoms with E-state index in [2.05, 4.69) is 5.32 Å². The number of likely N-dealkylation sites (N-methyl/N-ethyl adjacent to an activating group) is 1. The second-order valence-corrected chi connectivity index (χ2v) is 5.66. The summed E-state index contributed by atoms with van der Waals surface area (Å²) in [5.74, 6) is 2.85. The third-order valence-electron chi connectivity index (χ3n) is 3.45. The van der Waals surface area contributed by atoms with Gasteiger partial charge in [0.1, 0.15) is 0 Å². The molecule has 0 radical (unpaired) electrons. The molecule has 4 heteroatoms. The number of thioether (sulfide) groups is 1. The summed E-state index contributed by atoms with van der Waals surface area (Å²) in [6, 6.07) is 0.428. The second-order valence-electron chi connectivity index (χ2n) is 4.51. The SMILES string of the molecule is CN(C(=O)C1CCSC1)C1CCCNC1. The molecule has 2 aliphatic rings. The maximum absolute atomic E-state index is 12.1. The summed E-state index contributed by atoms with van der Waals surface area (Å²) >= 11 is 1.91. The first kappa shape index (κ1) is 11.3. The molecule has 2 fully saturated rings. The highest BCUT2D eigenvalue weighted by molar-refractivity contribution is 7.99. The van der Waals surface area contributed by atoms with Crippen molar-refractivity contribution in [1.29, 1.82) is 0 Å². The molecule has 0 spiro atoms. The average Bonchev–Trinajstić information content (AvgIpc) is 2.82. The lowest BCUT2D eigenvalue weighted by Gasteiger charge is -2.33. The van der Waals surface area contributed by atoms with Crippen LogP contribution in [0.2, 0.25) is 0 Å². The first-order chi connectivity index (χ1) is 7.29. The molecule has 2 heterocycles. The first-order valence-corrected chi connectivity index (χ1v) is 6.99. The topological polar surface area (TPSA) is 32.3 Å². The third-order valence-corrected chi connectivity index (χ3v) is 4.61. The minimum absolute atomic E-state index is 0.293. The molecule has 0 saturated carbocycles. The maximum atomic E-state index is 12.1. The fraction of sp³-hybridized carbons (Fsp3) is 0.909. The average molecular weight is 228 g/mol. The molecule has 0 bridgehead atoms. The van der Waals surface area contributed by atoms with Crippen molar-refractivity contribution in [3.63, 3.8) is 0 Å². The molecule has 0 aromatic carbocycles. The Kier molecular flexibility index (Phi) is 3.92. The predicted octanol–water partition coefficient (Wildman–Crippen LogP) is 0.950. The van der Waals surface area contributed by atoms with Crippen LogP contribution in [0.25, 0.3) is 0 Å². The normalized spacial score (nSPS) is 31.5. The molecule has 2 rings (SSSR count). The smallest absolute Gasteiger partial charge is 0.226 e. The van der Waals surface area contributed by atoms with E-state index in [-0.39, 0.29) is 0 Å². The Bertz CT molecular complexity index is 223. The summed E-state index contributed by atoms with van der Waals surface area (Å²) in [6.07, 6.45) is 3.44. The molecule has 2 unspecified atom stereocenters. The number of nitrogens with one attached hydrogen (secondary N) is 1. The molecule has 0 aliphatic carbocycles. The summed E-state index contributed by atoms with van der Waals surface area (Å²) in [4.78, 5) is 14.1. The Hall–Kier alpha value is -0.220. The lowest BCUT2D eigenvalue weighted by Crippen LogP contribution is -2.48. The van der Waals surface area contributed by atoms with Crippen molar-refractivity contribution in [2.24, 2.45) is 5.92 Å². The highest BCUT2D eigenvalue weighted by atomic mass is 32.2. The predicted molar refractivity (Wildman–Crippen MR) is 64.1 cm³/mol. The highest BCUT2D eigenvalue weighted by Gasteiger charge is 2.29. The lowest BCUT2D eigenvalue weighted by atomic mass is 10.0. The van der Waals surface area contributed by atoms with Gasteiger partial charge in [-0.05, 0) is 31.6 Å². The van der Waals surface area contributed by atoms with Crippen LogP contribution in [-0.4, -0.2) is 48.5 Å². The van der Waals surface area contributed by atoms with E-state index >= 15 is 0 Å². The summed E-state index contributed by atoms with van der Waals surface area (Å²) in [7, 11) is 1.98. The summed E-state index contributed by atoms with van der Waals surface area (Å²) in [5, 5.41) is 3.36. The van der Waals surface area contributed by atoms with Gasteiger partial charge in [0.05, 0.1) is 0 Å². The minimum atomic E-state index is 0.293. The van der Waals surface area contributed by atoms with Crippen LogP contribution in [0.4, 0.5) is 0 Å². The van der Waals surface area contributed by atoms with Crippen molar-refractivity contribution in [2.75, 3.05) is 31.6 Å². The monoisotopic (exact) mass is 228 g/mol. The number of nitrogens with zero attached hydrogens (tertiary/aromatic N) is 1. The van der Waals surface area contributed by atoms with Crippen LogP contribution in [-0.2, 0) is 4.79 Å². The van der Waals surface area contributed by atoms with Gasteiger partial charge in [0.25, 0.3) is 0 Å². The van der Waals surface area contributed by atoms with Gasteiger partial charge in [-0.3, -0.25) is 4.79 Å². The van der Waals surface area contributed by atoms with Crippen molar-refractivity contribution in [2.45, 2.75) is 25.3 Å². The zero-order valence-electron chi connectivity index (χ0n) is 9.37. The second kappa shape index (κ2) is 5.21. The van der Waals surface area contributed by atoms with E-state index in [1.807, 2.05) is 23.7 Å². The quantitative estimate of drug-likeness (QED) is 0.764. The standard InChI is InChI=1S/C11H20N2OS/c1-13(10-3-2-5-12-7-10)11(14)9-4-6-15-8-9/h9-10,12H,2-8H2,1H3. The maximum Gasteiger partial charge on any atom is 0.226 e. The Labute approximate surface area is 96.0 Å². The Morgan fingerprint density at radius 3 is 2.93 bits per heavy atom. The number of piperidine rings is 1. The van der Waals surface area contributed by atoms with Gasteiger partial charge in [-0.1, -0.05) is 0 Å². The molecule has 86 valence electrons. The molecule has 0 aromatic rings. The van der Waals surface area contributed by atoms with Gasteiger partial charge in [-0.2, -0.15) is 11.8 Å². The van der Waals surface area contributed by atoms with E-state index in [4.69, 9.17) is 0 Å². The lowest BCUT2D eigenvalue weighted by molar-refractivity contribution is -0.135. The summed E-state index contributed by atoms with van der Waals surface area (Å²) in [6.45, 7) is 2.08. The van der Waals surface area contributed by atoms with Gasteiger partial charge < -0.3 is 10.2 Å². The minimum Gasteiger partial charge on any atom is -0.341 e. The van der Waals surface area contributed by atoms with Crippen molar-refractivity contribution >= 4 is 17.7 Å². The summed E-state index contributed by atoms with van der Waals surface area (Å²) in [5.41, 5.74) is 0. The van der Waals surface area contributed by atoms with E-state index in [1.54, 1.807) is 0 Å². The van der Waals surface area contributed by atoms with Crippen LogP contribution >= 0.6 is 11.8 Å². The fourth-order valence-corrected chi connectivity index (χ4v) is 3.57. The van der Waals surface area contributed by atoms with E-state index in [0.29, 0.717) is 17.9 Å². The third kappa shape index (κ3) is 2.67. The van der Waals surface area contributed by atoms with Crippen LogP contribution in [0.1, 0.15) is 19.3 Å². The van der Waals surface area contributed by atoms with Crippen molar-refractivity contribution in [3.8, 4) is 0 Å². The number of carbonyl (C=O) groups is 1. The molecule has 2 saturated heterocycles. The van der Waals surface area contributed by atoms with Gasteiger partial charge in [-0.15, -0.1) is 0 Å². The molecule has 1 amide bonds. The van der Waals surface area contributed by atoms with E-state index in [9.17, 15) is 4.79 Å². The van der Waals surface area contributed by atoms with Gasteiger partial charge in [-0.25, -0.2) is 0 Å². The number of hydrogen-bond acceptors (Lipinski definition) is 3. The van der Waals surface area contributed by atoms with E-state index in [1.165, 1.54) is 6.42 Å². The number of rotatable bonds is 2. The molecule has 3 nitrogen and oxygen atoms in total. The fourth-order valence-electron chi connectivity index (χ4n) is 2.36. The van der Waals surface area contributed by atoms with E-state index in [0.717, 1.165) is 37.4 Å². The zero-order valence-corrected chi connectivity index (χ0v) is 10.2. The molecule has 1 N–H and O–H groups in total. The van der Waals surface area contributed by atoms with E-state index < -0.39 is 0 Å². The van der Waals surface area contributed by atoms with Crippen LogP contribution in [0.5, 0.6) is 0 Å². The van der Waals surface area contributed by atoms with Crippen LogP contribution in [0.15, 0.2) is 0 Å². The molecule has 15 heavy (non-hydrogen) atoms. The summed E-state index contributed by atoms with van der Waals surface area (Å²) < 4.78 is 0. The van der Waals surface area contributed by atoms with Crippen LogP contribution in [0, 0.1) is 5.92 Å². The van der Waals surface area contributed by atoms with Crippen molar-refractivity contribution < 1.29 is 4.79 Å². The Balaban J connectivity index is 1.87. The van der Waals surface area contributed by atoms with Crippen LogP contribution in [0.3, 0.4) is 0 Å². The largest absolute Gasteiger partial charge is 0.341 e. The van der Waals surface area contributed by atoms with Crippen LogP contribution < -0.4 is 5.32 Å². The molecular weight excluding hydrogens is 208 g/mol. The number of carbonyl (C=O) groups excluding carboxylic acids is 1.